The maximum Gasteiger partial charge on any atom is 0.138 e. The van der Waals surface area contributed by atoms with Crippen LogP contribution >= 0.6 is 0 Å². The lowest BCUT2D eigenvalue weighted by molar-refractivity contribution is 0.394. The fourth-order valence-electron chi connectivity index (χ4n) is 1.96. The molecule has 0 aliphatic rings. The fraction of sp³-hybridized carbons (Fsp3) is 0.385. The minimum atomic E-state index is 0.0231. The molecule has 2 heterocycles. The van der Waals surface area contributed by atoms with E-state index in [1.165, 1.54) is 0 Å². The maximum atomic E-state index is 5.30. The third-order valence-electron chi connectivity index (χ3n) is 2.55. The zero-order chi connectivity index (χ0) is 11.8. The Balaban J connectivity index is 2.60. The third-order valence-corrected chi connectivity index (χ3v) is 2.55. The van der Waals surface area contributed by atoms with E-state index in [1.807, 2.05) is 25.3 Å². The van der Waals surface area contributed by atoms with Crippen molar-refractivity contribution in [3.05, 3.63) is 35.9 Å². The van der Waals surface area contributed by atoms with Crippen LogP contribution in [0.1, 0.15) is 32.1 Å². The number of nitrogens with zero attached hydrogens (tertiary/aromatic N) is 2. The first-order chi connectivity index (χ1) is 7.50. The molecule has 0 atom stereocenters. The molecule has 16 heavy (non-hydrogen) atoms. The number of aryl methyl sites for hydroxylation is 1. The quantitative estimate of drug-likeness (QED) is 0.733. The molecule has 0 bridgehead atoms. The summed E-state index contributed by atoms with van der Waals surface area (Å²) in [5, 5.41) is 4.14. The van der Waals surface area contributed by atoms with Gasteiger partial charge < -0.3 is 4.52 Å². The number of rotatable bonds is 1. The first-order valence-corrected chi connectivity index (χ1v) is 5.37. The van der Waals surface area contributed by atoms with Crippen molar-refractivity contribution in [2.45, 2.75) is 33.1 Å². The average molecular weight is 216 g/mol. The predicted octanol–water partition coefficient (Wildman–Crippen LogP) is 3.34. The minimum Gasteiger partial charge on any atom is -0.361 e. The van der Waals surface area contributed by atoms with Crippen LogP contribution in [0.4, 0.5) is 0 Å². The van der Waals surface area contributed by atoms with Gasteiger partial charge in [0.15, 0.2) is 0 Å². The Labute approximate surface area is 95.5 Å². The Kier molecular flexibility index (Phi) is 2.54. The Morgan fingerprint density at radius 3 is 2.56 bits per heavy atom. The highest BCUT2D eigenvalue weighted by molar-refractivity contribution is 5.63. The standard InChI is InChI=1S/C13H16N2O/c1-9-11(13(2,3)4)12(15-16-9)10-6-5-7-14-8-10/h5-8H,1-4H3. The van der Waals surface area contributed by atoms with Crippen LogP contribution in [0, 0.1) is 6.92 Å². The van der Waals surface area contributed by atoms with E-state index in [4.69, 9.17) is 4.52 Å². The molecule has 0 saturated heterocycles. The first kappa shape index (κ1) is 10.9. The van der Waals surface area contributed by atoms with Gasteiger partial charge >= 0.3 is 0 Å². The molecule has 0 aromatic carbocycles. The van der Waals surface area contributed by atoms with Crippen LogP contribution in [0.5, 0.6) is 0 Å². The second-order valence-electron chi connectivity index (χ2n) is 4.95. The summed E-state index contributed by atoms with van der Waals surface area (Å²) < 4.78 is 5.30. The monoisotopic (exact) mass is 216 g/mol. The van der Waals surface area contributed by atoms with Crippen LogP contribution in [-0.2, 0) is 5.41 Å². The molecule has 3 nitrogen and oxygen atoms in total. The van der Waals surface area contributed by atoms with Crippen LogP contribution in [0.25, 0.3) is 11.3 Å². The van der Waals surface area contributed by atoms with Crippen molar-refractivity contribution >= 4 is 0 Å². The van der Waals surface area contributed by atoms with Crippen molar-refractivity contribution in [3.63, 3.8) is 0 Å². The molecule has 0 fully saturated rings. The zero-order valence-electron chi connectivity index (χ0n) is 10.1. The lowest BCUT2D eigenvalue weighted by Gasteiger charge is -2.18. The van der Waals surface area contributed by atoms with Crippen molar-refractivity contribution in [2.75, 3.05) is 0 Å². The Morgan fingerprint density at radius 2 is 2.00 bits per heavy atom. The van der Waals surface area contributed by atoms with E-state index in [0.717, 1.165) is 22.6 Å². The molecule has 2 aromatic rings. The molecular formula is C13H16N2O. The third kappa shape index (κ3) is 1.85. The molecule has 0 amide bonds. The lowest BCUT2D eigenvalue weighted by atomic mass is 9.84. The van der Waals surface area contributed by atoms with Crippen LogP contribution in [-0.4, -0.2) is 10.1 Å². The normalized spacial score (nSPS) is 11.8. The summed E-state index contributed by atoms with van der Waals surface area (Å²) in [5.41, 5.74) is 3.08. The van der Waals surface area contributed by atoms with Crippen molar-refractivity contribution in [2.24, 2.45) is 0 Å². The smallest absolute Gasteiger partial charge is 0.138 e. The molecule has 0 unspecified atom stereocenters. The van der Waals surface area contributed by atoms with Gasteiger partial charge in [-0.1, -0.05) is 25.9 Å². The van der Waals surface area contributed by atoms with Gasteiger partial charge in [-0.25, -0.2) is 0 Å². The zero-order valence-corrected chi connectivity index (χ0v) is 10.1. The summed E-state index contributed by atoms with van der Waals surface area (Å²) in [5.74, 6) is 0.881. The molecule has 84 valence electrons. The second-order valence-corrected chi connectivity index (χ2v) is 4.95. The number of hydrogen-bond acceptors (Lipinski definition) is 3. The van der Waals surface area contributed by atoms with E-state index in [-0.39, 0.29) is 5.41 Å². The van der Waals surface area contributed by atoms with Crippen molar-refractivity contribution in [3.8, 4) is 11.3 Å². The van der Waals surface area contributed by atoms with E-state index >= 15 is 0 Å². The Bertz CT molecular complexity index is 480. The van der Waals surface area contributed by atoms with E-state index < -0.39 is 0 Å². The SMILES string of the molecule is Cc1onc(-c2cccnc2)c1C(C)(C)C. The van der Waals surface area contributed by atoms with Gasteiger partial charge in [-0.3, -0.25) is 4.98 Å². The summed E-state index contributed by atoms with van der Waals surface area (Å²) in [6.07, 6.45) is 3.57. The molecule has 0 saturated carbocycles. The first-order valence-electron chi connectivity index (χ1n) is 5.37. The van der Waals surface area contributed by atoms with Gasteiger partial charge in [-0.15, -0.1) is 0 Å². The number of hydrogen-bond donors (Lipinski definition) is 0. The largest absolute Gasteiger partial charge is 0.361 e. The van der Waals surface area contributed by atoms with Gasteiger partial charge in [0, 0.05) is 23.5 Å². The van der Waals surface area contributed by atoms with E-state index in [1.54, 1.807) is 6.20 Å². The molecule has 2 aromatic heterocycles. The molecule has 0 radical (unpaired) electrons. The Morgan fingerprint density at radius 1 is 1.25 bits per heavy atom. The highest BCUT2D eigenvalue weighted by atomic mass is 16.5. The summed E-state index contributed by atoms with van der Waals surface area (Å²) in [7, 11) is 0. The molecular weight excluding hydrogens is 200 g/mol. The van der Waals surface area contributed by atoms with Gasteiger partial charge in [0.05, 0.1) is 0 Å². The van der Waals surface area contributed by atoms with Crippen molar-refractivity contribution in [1.82, 2.24) is 10.1 Å². The number of pyridine rings is 1. The van der Waals surface area contributed by atoms with Crippen LogP contribution in [0.3, 0.4) is 0 Å². The van der Waals surface area contributed by atoms with Crippen LogP contribution < -0.4 is 0 Å². The van der Waals surface area contributed by atoms with Gasteiger partial charge in [0.25, 0.3) is 0 Å². The van der Waals surface area contributed by atoms with Gasteiger partial charge in [-0.2, -0.15) is 0 Å². The molecule has 2 rings (SSSR count). The highest BCUT2D eigenvalue weighted by Crippen LogP contribution is 2.34. The molecule has 0 N–H and O–H groups in total. The second kappa shape index (κ2) is 3.74. The van der Waals surface area contributed by atoms with E-state index in [9.17, 15) is 0 Å². The molecule has 3 heteroatoms. The van der Waals surface area contributed by atoms with E-state index in [0.29, 0.717) is 0 Å². The predicted molar refractivity (Wildman–Crippen MR) is 63.2 cm³/mol. The van der Waals surface area contributed by atoms with Gasteiger partial charge in [-0.05, 0) is 24.5 Å². The van der Waals surface area contributed by atoms with Crippen LogP contribution in [0.2, 0.25) is 0 Å². The van der Waals surface area contributed by atoms with Crippen LogP contribution in [0.15, 0.2) is 29.0 Å². The lowest BCUT2D eigenvalue weighted by Crippen LogP contribution is -2.13. The molecule has 0 aliphatic heterocycles. The van der Waals surface area contributed by atoms with Gasteiger partial charge in [0.1, 0.15) is 11.5 Å². The highest BCUT2D eigenvalue weighted by Gasteiger charge is 2.25. The number of aromatic nitrogens is 2. The Hall–Kier alpha value is -1.64. The van der Waals surface area contributed by atoms with Crippen molar-refractivity contribution < 1.29 is 4.52 Å². The van der Waals surface area contributed by atoms with E-state index in [2.05, 4.69) is 30.9 Å². The summed E-state index contributed by atoms with van der Waals surface area (Å²) in [6.45, 7) is 8.43. The van der Waals surface area contributed by atoms with Crippen molar-refractivity contribution in [1.29, 1.82) is 0 Å². The average Bonchev–Trinajstić information content (AvgIpc) is 2.61. The molecule has 0 spiro atoms. The minimum absolute atomic E-state index is 0.0231. The fourth-order valence-corrected chi connectivity index (χ4v) is 1.96. The summed E-state index contributed by atoms with van der Waals surface area (Å²) >= 11 is 0. The summed E-state index contributed by atoms with van der Waals surface area (Å²) in [6, 6.07) is 3.91. The van der Waals surface area contributed by atoms with Gasteiger partial charge in [0.2, 0.25) is 0 Å². The molecule has 0 aliphatic carbocycles. The maximum absolute atomic E-state index is 5.30. The topological polar surface area (TPSA) is 38.9 Å². The summed E-state index contributed by atoms with van der Waals surface area (Å²) in [4.78, 5) is 4.11.